The molecule has 3 aromatic rings. The third-order valence-electron chi connectivity index (χ3n) is 4.37. The third-order valence-corrected chi connectivity index (χ3v) is 4.37. The Bertz CT molecular complexity index is 1080. The molecule has 0 saturated heterocycles. The second kappa shape index (κ2) is 7.45. The lowest BCUT2D eigenvalue weighted by molar-refractivity contribution is 0.0695. The number of anilines is 1. The Morgan fingerprint density at radius 2 is 1.85 bits per heavy atom. The molecule has 6 heteroatoms. The van der Waals surface area contributed by atoms with E-state index in [-0.39, 0.29) is 5.56 Å². The van der Waals surface area contributed by atoms with Gasteiger partial charge >= 0.3 is 5.97 Å². The molecule has 1 N–H and O–H groups in total. The van der Waals surface area contributed by atoms with Crippen molar-refractivity contribution >= 4 is 34.8 Å². The van der Waals surface area contributed by atoms with Gasteiger partial charge in [-0.2, -0.15) is 0 Å². The first-order valence-corrected chi connectivity index (χ1v) is 8.63. The van der Waals surface area contributed by atoms with Gasteiger partial charge in [0.15, 0.2) is 0 Å². The van der Waals surface area contributed by atoms with Crippen LogP contribution in [0.5, 0.6) is 0 Å². The van der Waals surface area contributed by atoms with Gasteiger partial charge in [0.2, 0.25) is 5.43 Å². The topological polar surface area (TPSA) is 75.4 Å². The van der Waals surface area contributed by atoms with Gasteiger partial charge in [-0.1, -0.05) is 18.2 Å². The Kier molecular flexibility index (Phi) is 5.07. The second-order valence-electron chi connectivity index (χ2n) is 6.39. The number of aromatic carboxylic acids is 1. The highest BCUT2D eigenvalue weighted by Crippen LogP contribution is 2.16. The Morgan fingerprint density at radius 3 is 2.44 bits per heavy atom. The van der Waals surface area contributed by atoms with Gasteiger partial charge in [-0.15, -0.1) is 0 Å². The minimum absolute atomic E-state index is 0.240. The number of hydrogen-bond acceptors (Lipinski definition) is 4. The van der Waals surface area contributed by atoms with Gasteiger partial charge in [0.25, 0.3) is 0 Å². The van der Waals surface area contributed by atoms with Crippen LogP contribution < -0.4 is 10.3 Å². The molecule has 0 spiro atoms. The van der Waals surface area contributed by atoms with Crippen molar-refractivity contribution in [2.75, 3.05) is 19.0 Å². The van der Waals surface area contributed by atoms with E-state index in [0.717, 1.165) is 11.3 Å². The number of rotatable bonds is 5. The SMILES string of the molecule is CCn1cc(C(=O)O)c(=O)c2ccc(/C=C/c3ccc(N(C)C)cc3)nc21. The fourth-order valence-electron chi connectivity index (χ4n) is 2.83. The molecular weight excluding hydrogens is 342 g/mol. The molecule has 0 fully saturated rings. The number of carboxylic acid groups (broad SMARTS) is 1. The molecule has 0 unspecified atom stereocenters. The van der Waals surface area contributed by atoms with E-state index in [4.69, 9.17) is 0 Å². The molecule has 0 aliphatic carbocycles. The average molecular weight is 363 g/mol. The molecule has 2 heterocycles. The average Bonchev–Trinajstić information content (AvgIpc) is 2.66. The van der Waals surface area contributed by atoms with Crippen LogP contribution in [0.2, 0.25) is 0 Å². The van der Waals surface area contributed by atoms with E-state index in [9.17, 15) is 14.7 Å². The van der Waals surface area contributed by atoms with Crippen LogP contribution in [-0.2, 0) is 6.54 Å². The lowest BCUT2D eigenvalue weighted by Crippen LogP contribution is -2.19. The first kappa shape index (κ1) is 18.4. The minimum Gasteiger partial charge on any atom is -0.477 e. The molecule has 6 nitrogen and oxygen atoms in total. The monoisotopic (exact) mass is 363 g/mol. The van der Waals surface area contributed by atoms with E-state index in [0.29, 0.717) is 23.3 Å². The first-order chi connectivity index (χ1) is 12.9. The van der Waals surface area contributed by atoms with Crippen LogP contribution in [0.25, 0.3) is 23.2 Å². The zero-order valence-electron chi connectivity index (χ0n) is 15.5. The summed E-state index contributed by atoms with van der Waals surface area (Å²) >= 11 is 0. The molecule has 0 saturated carbocycles. The Balaban J connectivity index is 2.00. The molecule has 138 valence electrons. The van der Waals surface area contributed by atoms with Gasteiger partial charge in [-0.3, -0.25) is 4.79 Å². The van der Waals surface area contributed by atoms with E-state index < -0.39 is 11.4 Å². The van der Waals surface area contributed by atoms with Gasteiger partial charge in [0.1, 0.15) is 11.2 Å². The van der Waals surface area contributed by atoms with Crippen LogP contribution in [-0.4, -0.2) is 34.7 Å². The predicted octanol–water partition coefficient (Wildman–Crippen LogP) is 3.35. The summed E-state index contributed by atoms with van der Waals surface area (Å²) in [4.78, 5) is 30.2. The molecule has 0 aliphatic heterocycles. The lowest BCUT2D eigenvalue weighted by Gasteiger charge is -2.11. The summed E-state index contributed by atoms with van der Waals surface area (Å²) in [6.45, 7) is 2.40. The molecular formula is C21H21N3O3. The van der Waals surface area contributed by atoms with E-state index in [1.54, 1.807) is 16.7 Å². The molecule has 3 rings (SSSR count). The summed E-state index contributed by atoms with van der Waals surface area (Å²) < 4.78 is 1.68. The Morgan fingerprint density at radius 1 is 1.15 bits per heavy atom. The van der Waals surface area contributed by atoms with Crippen LogP contribution in [0, 0.1) is 0 Å². The van der Waals surface area contributed by atoms with Crippen LogP contribution in [0.4, 0.5) is 5.69 Å². The van der Waals surface area contributed by atoms with Gasteiger partial charge in [0, 0.05) is 32.5 Å². The molecule has 2 aromatic heterocycles. The third kappa shape index (κ3) is 3.74. The van der Waals surface area contributed by atoms with Crippen LogP contribution in [0.3, 0.4) is 0 Å². The standard InChI is InChI=1S/C21H21N3O3/c1-4-24-13-18(21(26)27)19(25)17-12-9-15(22-20(17)24)8-5-14-6-10-16(11-7-14)23(2)3/h5-13H,4H2,1-3H3,(H,26,27)/b8-5+. The van der Waals surface area contributed by atoms with Crippen LogP contribution in [0.15, 0.2) is 47.4 Å². The normalized spacial score (nSPS) is 11.2. The van der Waals surface area contributed by atoms with Crippen molar-refractivity contribution < 1.29 is 9.90 Å². The maximum atomic E-state index is 12.4. The smallest absolute Gasteiger partial charge is 0.341 e. The van der Waals surface area contributed by atoms with E-state index in [1.807, 2.05) is 62.3 Å². The maximum Gasteiger partial charge on any atom is 0.341 e. The van der Waals surface area contributed by atoms with E-state index in [2.05, 4.69) is 4.98 Å². The summed E-state index contributed by atoms with van der Waals surface area (Å²) in [6, 6.07) is 11.5. The van der Waals surface area contributed by atoms with Gasteiger partial charge in [-0.25, -0.2) is 9.78 Å². The zero-order valence-corrected chi connectivity index (χ0v) is 15.5. The maximum absolute atomic E-state index is 12.4. The summed E-state index contributed by atoms with van der Waals surface area (Å²) in [5.41, 5.74) is 2.59. The zero-order chi connectivity index (χ0) is 19.6. The summed E-state index contributed by atoms with van der Waals surface area (Å²) in [5, 5.41) is 9.53. The molecule has 0 amide bonds. The van der Waals surface area contributed by atoms with Gasteiger partial charge in [0.05, 0.1) is 11.1 Å². The van der Waals surface area contributed by atoms with Crippen molar-refractivity contribution in [1.82, 2.24) is 9.55 Å². The number of aromatic nitrogens is 2. The van der Waals surface area contributed by atoms with Crippen LogP contribution >= 0.6 is 0 Å². The highest BCUT2D eigenvalue weighted by atomic mass is 16.4. The van der Waals surface area contributed by atoms with Crippen molar-refractivity contribution in [3.63, 3.8) is 0 Å². The molecule has 0 atom stereocenters. The quantitative estimate of drug-likeness (QED) is 0.752. The van der Waals surface area contributed by atoms with Crippen molar-refractivity contribution in [3.05, 3.63) is 69.6 Å². The minimum atomic E-state index is -1.23. The van der Waals surface area contributed by atoms with Gasteiger partial charge < -0.3 is 14.6 Å². The van der Waals surface area contributed by atoms with Gasteiger partial charge in [-0.05, 0) is 42.8 Å². The molecule has 0 radical (unpaired) electrons. The number of fused-ring (bicyclic) bond motifs is 1. The summed E-state index contributed by atoms with van der Waals surface area (Å²) in [7, 11) is 3.99. The van der Waals surface area contributed by atoms with Crippen molar-refractivity contribution in [2.45, 2.75) is 13.5 Å². The first-order valence-electron chi connectivity index (χ1n) is 8.63. The Labute approximate surface area is 157 Å². The number of nitrogens with zero attached hydrogens (tertiary/aromatic N) is 3. The highest BCUT2D eigenvalue weighted by Gasteiger charge is 2.14. The number of hydrogen-bond donors (Lipinski definition) is 1. The Hall–Kier alpha value is -3.41. The van der Waals surface area contributed by atoms with Crippen molar-refractivity contribution in [3.8, 4) is 0 Å². The second-order valence-corrected chi connectivity index (χ2v) is 6.39. The number of pyridine rings is 2. The van der Waals surface area contributed by atoms with E-state index in [1.165, 1.54) is 6.20 Å². The fourth-order valence-corrected chi connectivity index (χ4v) is 2.83. The molecule has 1 aromatic carbocycles. The lowest BCUT2D eigenvalue weighted by atomic mass is 10.1. The molecule has 27 heavy (non-hydrogen) atoms. The largest absolute Gasteiger partial charge is 0.477 e. The fraction of sp³-hybridized carbons (Fsp3) is 0.190. The summed E-state index contributed by atoms with van der Waals surface area (Å²) in [5.74, 6) is -1.23. The molecule has 0 bridgehead atoms. The highest BCUT2D eigenvalue weighted by molar-refractivity contribution is 5.92. The molecule has 0 aliphatic rings. The van der Waals surface area contributed by atoms with Crippen molar-refractivity contribution in [2.24, 2.45) is 0 Å². The number of benzene rings is 1. The number of carbonyl (C=O) groups is 1. The van der Waals surface area contributed by atoms with E-state index >= 15 is 0 Å². The predicted molar refractivity (Wildman–Crippen MR) is 108 cm³/mol. The van der Waals surface area contributed by atoms with Crippen LogP contribution in [0.1, 0.15) is 28.5 Å². The number of carboxylic acids is 1. The summed E-state index contributed by atoms with van der Waals surface area (Å²) in [6.07, 6.45) is 5.18. The van der Waals surface area contributed by atoms with Crippen molar-refractivity contribution in [1.29, 1.82) is 0 Å². The number of aryl methyl sites for hydroxylation is 1.